The van der Waals surface area contributed by atoms with Crippen LogP contribution in [-0.4, -0.2) is 55.3 Å². The minimum atomic E-state index is -4.49. The Morgan fingerprint density at radius 2 is 1.67 bits per heavy atom. The number of nitro benzene ring substituents is 1. The first kappa shape index (κ1) is 33.1. The quantitative estimate of drug-likeness (QED) is 0.244. The van der Waals surface area contributed by atoms with Crippen molar-refractivity contribution in [3.63, 3.8) is 0 Å². The number of nitro groups is 1. The predicted octanol–water partition coefficient (Wildman–Crippen LogP) is 4.75. The summed E-state index contributed by atoms with van der Waals surface area (Å²) in [5.41, 5.74) is 1.22. The second kappa shape index (κ2) is 13.2. The monoisotopic (exact) mass is 610 g/mol. The third-order valence-corrected chi connectivity index (χ3v) is 8.48. The Kier molecular flexibility index (Phi) is 10.2. The second-order valence-electron chi connectivity index (χ2n) is 11.3. The molecular formula is C31H38N4O7S. The number of aryl methyl sites for hydroxylation is 2. The van der Waals surface area contributed by atoms with E-state index in [0.29, 0.717) is 11.3 Å². The number of carbonyl (C=O) groups excluding carboxylic acids is 2. The van der Waals surface area contributed by atoms with Crippen LogP contribution >= 0.6 is 0 Å². The summed E-state index contributed by atoms with van der Waals surface area (Å²) in [5, 5.41) is 14.5. The molecule has 2 amide bonds. The van der Waals surface area contributed by atoms with Crippen LogP contribution in [0.2, 0.25) is 0 Å². The molecule has 0 saturated carbocycles. The number of rotatable bonds is 11. The van der Waals surface area contributed by atoms with E-state index in [1.54, 1.807) is 19.1 Å². The Bertz CT molecular complexity index is 1600. The van der Waals surface area contributed by atoms with Crippen molar-refractivity contribution in [2.24, 2.45) is 0 Å². The molecule has 0 aromatic heterocycles. The lowest BCUT2D eigenvalue weighted by molar-refractivity contribution is -0.385. The maximum atomic E-state index is 14.1. The summed E-state index contributed by atoms with van der Waals surface area (Å²) in [5.74, 6) is -0.576. The molecule has 0 saturated heterocycles. The van der Waals surface area contributed by atoms with Crippen LogP contribution < -0.4 is 14.4 Å². The summed E-state index contributed by atoms with van der Waals surface area (Å²) in [4.78, 5) is 39.2. The van der Waals surface area contributed by atoms with E-state index in [1.807, 2.05) is 52.0 Å². The second-order valence-corrected chi connectivity index (χ2v) is 13.2. The van der Waals surface area contributed by atoms with E-state index < -0.39 is 44.9 Å². The molecule has 43 heavy (non-hydrogen) atoms. The SMILES string of the molecule is COc1ccc(N(CC(=O)N(Cc2cccc(C)c2)[C@@H](C)C(=O)NC(C)(C)C)S(=O)(=O)c2ccc(C)c([N+](=O)[O-])c2)cc1. The summed E-state index contributed by atoms with van der Waals surface area (Å²) >= 11 is 0. The average Bonchev–Trinajstić information content (AvgIpc) is 2.93. The third-order valence-electron chi connectivity index (χ3n) is 6.71. The molecule has 1 N–H and O–H groups in total. The van der Waals surface area contributed by atoms with Gasteiger partial charge in [-0.1, -0.05) is 35.9 Å². The third kappa shape index (κ3) is 8.31. The number of sulfonamides is 1. The number of nitrogens with zero attached hydrogens (tertiary/aromatic N) is 3. The van der Waals surface area contributed by atoms with Gasteiger partial charge in [0.1, 0.15) is 18.3 Å². The van der Waals surface area contributed by atoms with Gasteiger partial charge in [-0.3, -0.25) is 24.0 Å². The van der Waals surface area contributed by atoms with E-state index in [9.17, 15) is 28.1 Å². The Morgan fingerprint density at radius 3 is 2.23 bits per heavy atom. The molecule has 11 nitrogen and oxygen atoms in total. The van der Waals surface area contributed by atoms with Crippen LogP contribution in [0.15, 0.2) is 71.6 Å². The highest BCUT2D eigenvalue weighted by Gasteiger charge is 2.34. The molecule has 3 aromatic rings. The van der Waals surface area contributed by atoms with Crippen molar-refractivity contribution < 1.29 is 27.7 Å². The molecule has 3 aromatic carbocycles. The number of amides is 2. The van der Waals surface area contributed by atoms with E-state index >= 15 is 0 Å². The van der Waals surface area contributed by atoms with Gasteiger partial charge in [-0.25, -0.2) is 8.42 Å². The van der Waals surface area contributed by atoms with Gasteiger partial charge in [0.15, 0.2) is 0 Å². The first-order valence-corrected chi connectivity index (χ1v) is 15.1. The van der Waals surface area contributed by atoms with Crippen molar-refractivity contribution in [2.75, 3.05) is 18.0 Å². The largest absolute Gasteiger partial charge is 0.497 e. The van der Waals surface area contributed by atoms with Crippen LogP contribution in [0.5, 0.6) is 5.75 Å². The first-order valence-electron chi connectivity index (χ1n) is 13.6. The Balaban J connectivity index is 2.10. The maximum Gasteiger partial charge on any atom is 0.273 e. The van der Waals surface area contributed by atoms with E-state index in [0.717, 1.165) is 21.5 Å². The number of benzene rings is 3. The van der Waals surface area contributed by atoms with E-state index in [2.05, 4.69) is 5.32 Å². The highest BCUT2D eigenvalue weighted by molar-refractivity contribution is 7.92. The molecule has 1 atom stereocenters. The zero-order chi connectivity index (χ0) is 32.1. The fraction of sp³-hybridized carbons (Fsp3) is 0.355. The smallest absolute Gasteiger partial charge is 0.273 e. The molecule has 0 unspecified atom stereocenters. The Morgan fingerprint density at radius 1 is 1.02 bits per heavy atom. The summed E-state index contributed by atoms with van der Waals surface area (Å²) in [6, 6.07) is 16.2. The number of nitrogens with one attached hydrogen (secondary N) is 1. The number of hydrogen-bond donors (Lipinski definition) is 1. The molecule has 3 rings (SSSR count). The molecule has 0 aliphatic rings. The molecule has 0 heterocycles. The predicted molar refractivity (Wildman–Crippen MR) is 164 cm³/mol. The molecule has 230 valence electrons. The molecule has 0 radical (unpaired) electrons. The summed E-state index contributed by atoms with van der Waals surface area (Å²) in [6.45, 7) is 9.84. The van der Waals surface area contributed by atoms with Gasteiger partial charge in [0.05, 0.1) is 22.6 Å². The number of anilines is 1. The van der Waals surface area contributed by atoms with Crippen LogP contribution in [0, 0.1) is 24.0 Å². The normalized spacial score (nSPS) is 12.3. The highest BCUT2D eigenvalue weighted by atomic mass is 32.2. The number of carbonyl (C=O) groups is 2. The topological polar surface area (TPSA) is 139 Å². The van der Waals surface area contributed by atoms with Gasteiger partial charge in [-0.15, -0.1) is 0 Å². The molecule has 0 bridgehead atoms. The van der Waals surface area contributed by atoms with Crippen molar-refractivity contribution in [3.05, 3.63) is 93.5 Å². The van der Waals surface area contributed by atoms with E-state index in [4.69, 9.17) is 4.74 Å². The minimum absolute atomic E-state index is 0.0474. The van der Waals surface area contributed by atoms with Crippen molar-refractivity contribution in [3.8, 4) is 5.75 Å². The van der Waals surface area contributed by atoms with Crippen LogP contribution in [0.25, 0.3) is 0 Å². The zero-order valence-corrected chi connectivity index (χ0v) is 26.3. The van der Waals surface area contributed by atoms with Crippen molar-refractivity contribution in [1.29, 1.82) is 0 Å². The lowest BCUT2D eigenvalue weighted by Crippen LogP contribution is -2.54. The molecule has 0 aliphatic heterocycles. The lowest BCUT2D eigenvalue weighted by atomic mass is 10.1. The van der Waals surface area contributed by atoms with Gasteiger partial charge in [0, 0.05) is 23.7 Å². The number of hydrogen-bond acceptors (Lipinski definition) is 7. The molecule has 0 spiro atoms. The van der Waals surface area contributed by atoms with Gasteiger partial charge >= 0.3 is 0 Å². The van der Waals surface area contributed by atoms with E-state index in [1.165, 1.54) is 43.2 Å². The molecular weight excluding hydrogens is 572 g/mol. The number of methoxy groups -OCH3 is 1. The van der Waals surface area contributed by atoms with Gasteiger partial charge < -0.3 is 15.0 Å². The Labute approximate surface area is 252 Å². The number of ether oxygens (including phenoxy) is 1. The highest BCUT2D eigenvalue weighted by Crippen LogP contribution is 2.29. The van der Waals surface area contributed by atoms with Gasteiger partial charge in [0.2, 0.25) is 11.8 Å². The summed E-state index contributed by atoms with van der Waals surface area (Å²) in [7, 11) is -3.03. The van der Waals surface area contributed by atoms with Crippen LogP contribution in [-0.2, 0) is 26.2 Å². The standard InChI is InChI=1S/C31H38N4O7S/c1-21-9-8-10-24(17-21)19-33(23(3)30(37)32-31(4,5)6)29(36)20-34(25-12-14-26(42-7)15-13-25)43(40,41)27-16-11-22(2)28(18-27)35(38)39/h8-18,23H,19-20H2,1-7H3,(H,32,37)/t23-/m0/s1. The summed E-state index contributed by atoms with van der Waals surface area (Å²) in [6.07, 6.45) is 0. The fourth-order valence-corrected chi connectivity index (χ4v) is 5.85. The van der Waals surface area contributed by atoms with Crippen LogP contribution in [0.3, 0.4) is 0 Å². The van der Waals surface area contributed by atoms with Gasteiger partial charge in [-0.05, 0) is 77.4 Å². The molecule has 12 heteroatoms. The lowest BCUT2D eigenvalue weighted by Gasteiger charge is -2.33. The summed E-state index contributed by atoms with van der Waals surface area (Å²) < 4.78 is 34.2. The van der Waals surface area contributed by atoms with Crippen molar-refractivity contribution >= 4 is 33.2 Å². The van der Waals surface area contributed by atoms with Gasteiger partial charge in [-0.2, -0.15) is 0 Å². The first-order chi connectivity index (χ1) is 20.0. The van der Waals surface area contributed by atoms with Crippen molar-refractivity contribution in [2.45, 2.75) is 64.6 Å². The molecule has 0 fully saturated rings. The Hall–Kier alpha value is -4.45. The fourth-order valence-electron chi connectivity index (χ4n) is 4.41. The van der Waals surface area contributed by atoms with E-state index in [-0.39, 0.29) is 22.8 Å². The average molecular weight is 611 g/mol. The maximum absolute atomic E-state index is 14.1. The molecule has 0 aliphatic carbocycles. The zero-order valence-electron chi connectivity index (χ0n) is 25.5. The van der Waals surface area contributed by atoms with Crippen LogP contribution in [0.1, 0.15) is 44.4 Å². The van der Waals surface area contributed by atoms with Crippen molar-refractivity contribution in [1.82, 2.24) is 10.2 Å². The van der Waals surface area contributed by atoms with Gasteiger partial charge in [0.25, 0.3) is 15.7 Å². The minimum Gasteiger partial charge on any atom is -0.497 e. The van der Waals surface area contributed by atoms with Crippen LogP contribution in [0.4, 0.5) is 11.4 Å².